The smallest absolute Gasteiger partial charge is 0.335 e. The minimum atomic E-state index is -1.01. The van der Waals surface area contributed by atoms with E-state index >= 15 is 0 Å². The topological polar surface area (TPSA) is 104 Å². The number of benzene rings is 2. The van der Waals surface area contributed by atoms with Crippen molar-refractivity contribution in [1.29, 1.82) is 0 Å². The lowest BCUT2D eigenvalue weighted by Crippen LogP contribution is -2.29. The SMILES string of the molecule is CCN1C(=O)c2ccc(C(=O)NCc3ccc(C(=O)O)cc3)cc2C1=O. The second kappa shape index (κ2) is 6.79. The summed E-state index contributed by atoms with van der Waals surface area (Å²) in [6, 6.07) is 10.6. The van der Waals surface area contributed by atoms with Crippen molar-refractivity contribution in [1.82, 2.24) is 10.2 Å². The molecule has 2 aromatic rings. The predicted molar refractivity (Wildman–Crippen MR) is 92.1 cm³/mol. The molecule has 0 aliphatic carbocycles. The van der Waals surface area contributed by atoms with Gasteiger partial charge in [-0.1, -0.05) is 12.1 Å². The highest BCUT2D eigenvalue weighted by Gasteiger charge is 2.34. The first-order chi connectivity index (χ1) is 12.4. The number of fused-ring (bicyclic) bond motifs is 1. The van der Waals surface area contributed by atoms with Crippen LogP contribution in [0.5, 0.6) is 0 Å². The zero-order valence-corrected chi connectivity index (χ0v) is 14.0. The normalized spacial score (nSPS) is 12.9. The lowest BCUT2D eigenvalue weighted by Gasteiger charge is -2.08. The lowest BCUT2D eigenvalue weighted by molar-refractivity contribution is 0.0658. The average Bonchev–Trinajstić information content (AvgIpc) is 2.89. The van der Waals surface area contributed by atoms with Gasteiger partial charge in [0.2, 0.25) is 0 Å². The summed E-state index contributed by atoms with van der Waals surface area (Å²) < 4.78 is 0. The molecule has 1 aliphatic rings. The first-order valence-corrected chi connectivity index (χ1v) is 8.03. The standard InChI is InChI=1S/C19H16N2O5/c1-2-21-17(23)14-8-7-13(9-15(14)18(21)24)16(22)20-10-11-3-5-12(6-4-11)19(25)26/h3-9H,2,10H2,1H3,(H,20,22)(H,25,26). The molecule has 0 aromatic heterocycles. The van der Waals surface area contributed by atoms with Crippen LogP contribution in [0.15, 0.2) is 42.5 Å². The van der Waals surface area contributed by atoms with Gasteiger partial charge in [0, 0.05) is 18.7 Å². The molecule has 132 valence electrons. The molecule has 26 heavy (non-hydrogen) atoms. The van der Waals surface area contributed by atoms with Gasteiger partial charge in [-0.15, -0.1) is 0 Å². The molecule has 0 saturated heterocycles. The highest BCUT2D eigenvalue weighted by Crippen LogP contribution is 2.23. The molecule has 0 unspecified atom stereocenters. The molecule has 3 rings (SSSR count). The van der Waals surface area contributed by atoms with Crippen LogP contribution < -0.4 is 5.32 Å². The maximum absolute atomic E-state index is 12.3. The molecule has 0 atom stereocenters. The van der Waals surface area contributed by atoms with Crippen molar-refractivity contribution in [2.45, 2.75) is 13.5 Å². The Morgan fingerprint density at radius 2 is 1.58 bits per heavy atom. The Hall–Kier alpha value is -3.48. The first-order valence-electron chi connectivity index (χ1n) is 8.03. The molecule has 2 N–H and O–H groups in total. The summed E-state index contributed by atoms with van der Waals surface area (Å²) in [6.45, 7) is 2.20. The number of carbonyl (C=O) groups excluding carboxylic acids is 3. The molecular formula is C19H16N2O5. The Bertz CT molecular complexity index is 918. The van der Waals surface area contributed by atoms with Crippen LogP contribution in [0, 0.1) is 0 Å². The third-order valence-electron chi connectivity index (χ3n) is 4.20. The van der Waals surface area contributed by atoms with Gasteiger partial charge in [-0.25, -0.2) is 4.79 Å². The molecular weight excluding hydrogens is 336 g/mol. The number of rotatable bonds is 5. The summed E-state index contributed by atoms with van der Waals surface area (Å²) in [7, 11) is 0. The van der Waals surface area contributed by atoms with Gasteiger partial charge in [0.05, 0.1) is 16.7 Å². The van der Waals surface area contributed by atoms with E-state index in [4.69, 9.17) is 5.11 Å². The van der Waals surface area contributed by atoms with Crippen molar-refractivity contribution < 1.29 is 24.3 Å². The van der Waals surface area contributed by atoms with Gasteiger partial charge < -0.3 is 10.4 Å². The van der Waals surface area contributed by atoms with Gasteiger partial charge in [-0.3, -0.25) is 19.3 Å². The zero-order valence-electron chi connectivity index (χ0n) is 14.0. The number of imide groups is 1. The number of hydrogen-bond donors (Lipinski definition) is 2. The Morgan fingerprint density at radius 1 is 0.962 bits per heavy atom. The molecule has 7 nitrogen and oxygen atoms in total. The minimum absolute atomic E-state index is 0.169. The molecule has 1 heterocycles. The van der Waals surface area contributed by atoms with E-state index in [0.29, 0.717) is 5.56 Å². The Morgan fingerprint density at radius 3 is 2.19 bits per heavy atom. The largest absolute Gasteiger partial charge is 0.478 e. The number of hydrogen-bond acceptors (Lipinski definition) is 4. The van der Waals surface area contributed by atoms with E-state index in [2.05, 4.69) is 5.32 Å². The molecule has 0 fully saturated rings. The molecule has 2 aromatic carbocycles. The van der Waals surface area contributed by atoms with Crippen LogP contribution in [0.3, 0.4) is 0 Å². The highest BCUT2D eigenvalue weighted by atomic mass is 16.4. The third-order valence-corrected chi connectivity index (χ3v) is 4.20. The second-order valence-corrected chi connectivity index (χ2v) is 5.80. The van der Waals surface area contributed by atoms with Crippen molar-refractivity contribution in [2.24, 2.45) is 0 Å². The van der Waals surface area contributed by atoms with E-state index < -0.39 is 11.9 Å². The van der Waals surface area contributed by atoms with Gasteiger partial charge in [0.15, 0.2) is 0 Å². The summed E-state index contributed by atoms with van der Waals surface area (Å²) in [4.78, 5) is 48.6. The van der Waals surface area contributed by atoms with Gasteiger partial charge in [-0.05, 0) is 42.8 Å². The molecule has 0 spiro atoms. The molecule has 0 saturated carbocycles. The highest BCUT2D eigenvalue weighted by molar-refractivity contribution is 6.22. The van der Waals surface area contributed by atoms with Gasteiger partial charge in [0.1, 0.15) is 0 Å². The first kappa shape index (κ1) is 17.3. The van der Waals surface area contributed by atoms with E-state index in [0.717, 1.165) is 10.5 Å². The fourth-order valence-electron chi connectivity index (χ4n) is 2.77. The van der Waals surface area contributed by atoms with Crippen LogP contribution in [0.25, 0.3) is 0 Å². The summed E-state index contributed by atoms with van der Waals surface area (Å²) in [5.41, 5.74) is 1.73. The van der Waals surface area contributed by atoms with Crippen LogP contribution in [-0.2, 0) is 6.54 Å². The maximum atomic E-state index is 12.3. The third kappa shape index (κ3) is 3.06. The van der Waals surface area contributed by atoms with E-state index in [1.165, 1.54) is 30.3 Å². The van der Waals surface area contributed by atoms with Crippen molar-refractivity contribution in [2.75, 3.05) is 6.54 Å². The summed E-state index contributed by atoms with van der Waals surface area (Å²) in [5, 5.41) is 11.6. The van der Waals surface area contributed by atoms with E-state index in [1.807, 2.05) is 0 Å². The summed E-state index contributed by atoms with van der Waals surface area (Å²) in [6.07, 6.45) is 0. The predicted octanol–water partition coefficient (Wildman–Crippen LogP) is 1.93. The fraction of sp³-hybridized carbons (Fsp3) is 0.158. The van der Waals surface area contributed by atoms with E-state index in [1.54, 1.807) is 19.1 Å². The number of aromatic carboxylic acids is 1. The van der Waals surface area contributed by atoms with Gasteiger partial charge >= 0.3 is 5.97 Å². The van der Waals surface area contributed by atoms with Crippen LogP contribution in [-0.4, -0.2) is 40.2 Å². The number of amides is 3. The van der Waals surface area contributed by atoms with Crippen molar-refractivity contribution in [3.63, 3.8) is 0 Å². The van der Waals surface area contributed by atoms with E-state index in [9.17, 15) is 19.2 Å². The Labute approximate surface area is 149 Å². The second-order valence-electron chi connectivity index (χ2n) is 5.80. The molecule has 0 radical (unpaired) electrons. The molecule has 3 amide bonds. The van der Waals surface area contributed by atoms with Crippen molar-refractivity contribution >= 4 is 23.7 Å². The summed E-state index contributed by atoms with van der Waals surface area (Å²) >= 11 is 0. The molecule has 0 bridgehead atoms. The van der Waals surface area contributed by atoms with Crippen LogP contribution >= 0.6 is 0 Å². The van der Waals surface area contributed by atoms with Crippen molar-refractivity contribution in [3.05, 3.63) is 70.3 Å². The summed E-state index contributed by atoms with van der Waals surface area (Å²) in [5.74, 6) is -2.14. The average molecular weight is 352 g/mol. The molecule has 1 aliphatic heterocycles. The molecule has 7 heteroatoms. The number of nitrogens with zero attached hydrogens (tertiary/aromatic N) is 1. The zero-order chi connectivity index (χ0) is 18.8. The van der Waals surface area contributed by atoms with Crippen molar-refractivity contribution in [3.8, 4) is 0 Å². The lowest BCUT2D eigenvalue weighted by atomic mass is 10.1. The van der Waals surface area contributed by atoms with E-state index in [-0.39, 0.29) is 41.6 Å². The van der Waals surface area contributed by atoms with Crippen LogP contribution in [0.1, 0.15) is 53.9 Å². The van der Waals surface area contributed by atoms with Crippen LogP contribution in [0.2, 0.25) is 0 Å². The Balaban J connectivity index is 1.72. The van der Waals surface area contributed by atoms with Crippen LogP contribution in [0.4, 0.5) is 0 Å². The minimum Gasteiger partial charge on any atom is -0.478 e. The van der Waals surface area contributed by atoms with Gasteiger partial charge in [-0.2, -0.15) is 0 Å². The maximum Gasteiger partial charge on any atom is 0.335 e. The monoisotopic (exact) mass is 352 g/mol. The number of carboxylic acids is 1. The number of nitrogens with one attached hydrogen (secondary N) is 1. The van der Waals surface area contributed by atoms with Gasteiger partial charge in [0.25, 0.3) is 17.7 Å². The number of carbonyl (C=O) groups is 4. The number of carboxylic acid groups (broad SMARTS) is 1. The Kier molecular flexibility index (Phi) is 4.53. The quantitative estimate of drug-likeness (QED) is 0.800. The fourth-order valence-corrected chi connectivity index (χ4v) is 2.77.